The first-order valence-corrected chi connectivity index (χ1v) is 8.13. The van der Waals surface area contributed by atoms with Gasteiger partial charge in [0.1, 0.15) is 0 Å². The molecule has 2 N–H and O–H groups in total. The summed E-state index contributed by atoms with van der Waals surface area (Å²) < 4.78 is 1.14. The lowest BCUT2D eigenvalue weighted by Gasteiger charge is -2.25. The molecule has 1 unspecified atom stereocenters. The van der Waals surface area contributed by atoms with Gasteiger partial charge in [0.25, 0.3) is 0 Å². The summed E-state index contributed by atoms with van der Waals surface area (Å²) in [4.78, 5) is 1.32. The van der Waals surface area contributed by atoms with Crippen LogP contribution in [0.3, 0.4) is 0 Å². The first kappa shape index (κ1) is 14.8. The normalized spacial score (nSPS) is 13.5. The van der Waals surface area contributed by atoms with Gasteiger partial charge in [-0.2, -0.15) is 0 Å². The summed E-state index contributed by atoms with van der Waals surface area (Å²) in [6, 6.07) is 10.7. The van der Waals surface area contributed by atoms with E-state index in [1.165, 1.54) is 16.0 Å². The van der Waals surface area contributed by atoms with Crippen molar-refractivity contribution in [3.05, 3.63) is 56.2 Å². The number of hydrogen-bond acceptors (Lipinski definition) is 2. The summed E-state index contributed by atoms with van der Waals surface area (Å²) >= 11 is 5.25. The summed E-state index contributed by atoms with van der Waals surface area (Å²) in [5.41, 5.74) is 9.16. The van der Waals surface area contributed by atoms with Gasteiger partial charge in [0.15, 0.2) is 0 Å². The Morgan fingerprint density at radius 1 is 1.26 bits per heavy atom. The molecule has 0 spiro atoms. The van der Waals surface area contributed by atoms with E-state index in [4.69, 9.17) is 5.73 Å². The molecule has 0 amide bonds. The third kappa shape index (κ3) is 3.68. The summed E-state index contributed by atoms with van der Waals surface area (Å²) in [7, 11) is 0. The summed E-state index contributed by atoms with van der Waals surface area (Å²) in [5, 5.41) is 2.11. The van der Waals surface area contributed by atoms with Crippen molar-refractivity contribution in [2.45, 2.75) is 38.6 Å². The van der Waals surface area contributed by atoms with Crippen LogP contribution in [0.15, 0.2) is 40.2 Å². The van der Waals surface area contributed by atoms with Gasteiger partial charge < -0.3 is 5.73 Å². The highest BCUT2D eigenvalue weighted by Gasteiger charge is 2.20. The third-order valence-electron chi connectivity index (χ3n) is 3.21. The van der Waals surface area contributed by atoms with E-state index in [-0.39, 0.29) is 11.5 Å². The standard InChI is InChI=1S/C16H20BrNS/c1-16(2,3)14-7-5-4-6-13(14)15(18)9-12-8-11(17)10-19-12/h4-8,10,15H,9,18H2,1-3H3. The number of thiophene rings is 1. The molecule has 1 aromatic carbocycles. The van der Waals surface area contributed by atoms with Gasteiger partial charge in [-0.1, -0.05) is 45.0 Å². The zero-order valence-corrected chi connectivity index (χ0v) is 14.0. The Balaban J connectivity index is 2.26. The van der Waals surface area contributed by atoms with Crippen LogP contribution in [0.4, 0.5) is 0 Å². The number of rotatable bonds is 3. The molecule has 0 saturated heterocycles. The lowest BCUT2D eigenvalue weighted by Crippen LogP contribution is -2.21. The van der Waals surface area contributed by atoms with Crippen LogP contribution in [0.2, 0.25) is 0 Å². The van der Waals surface area contributed by atoms with Crippen LogP contribution < -0.4 is 5.73 Å². The van der Waals surface area contributed by atoms with Crippen LogP contribution in [0.1, 0.15) is 42.8 Å². The molecular weight excluding hydrogens is 318 g/mol. The van der Waals surface area contributed by atoms with Crippen molar-refractivity contribution in [3.63, 3.8) is 0 Å². The van der Waals surface area contributed by atoms with Gasteiger partial charge in [-0.05, 0) is 38.5 Å². The lowest BCUT2D eigenvalue weighted by molar-refractivity contribution is 0.569. The Morgan fingerprint density at radius 3 is 2.53 bits per heavy atom. The molecule has 1 aromatic heterocycles. The molecule has 0 bridgehead atoms. The summed E-state index contributed by atoms with van der Waals surface area (Å²) in [5.74, 6) is 0. The van der Waals surface area contributed by atoms with E-state index in [1.807, 2.05) is 0 Å². The van der Waals surface area contributed by atoms with Crippen LogP contribution >= 0.6 is 27.3 Å². The maximum absolute atomic E-state index is 6.43. The van der Waals surface area contributed by atoms with Crippen molar-refractivity contribution in [2.75, 3.05) is 0 Å². The highest BCUT2D eigenvalue weighted by atomic mass is 79.9. The maximum Gasteiger partial charge on any atom is 0.0346 e. The van der Waals surface area contributed by atoms with Crippen LogP contribution in [0, 0.1) is 0 Å². The van der Waals surface area contributed by atoms with Crippen LogP contribution in [0.25, 0.3) is 0 Å². The Morgan fingerprint density at radius 2 is 1.95 bits per heavy atom. The fraction of sp³-hybridized carbons (Fsp3) is 0.375. The predicted molar refractivity (Wildman–Crippen MR) is 87.8 cm³/mol. The van der Waals surface area contributed by atoms with Gasteiger partial charge in [0.05, 0.1) is 0 Å². The van der Waals surface area contributed by atoms with Gasteiger partial charge in [0.2, 0.25) is 0 Å². The molecular formula is C16H20BrNS. The Labute approximate surface area is 128 Å². The summed E-state index contributed by atoms with van der Waals surface area (Å²) in [6.45, 7) is 6.71. The minimum atomic E-state index is 0.0565. The lowest BCUT2D eigenvalue weighted by atomic mass is 9.81. The monoisotopic (exact) mass is 337 g/mol. The molecule has 0 aliphatic rings. The average molecular weight is 338 g/mol. The molecule has 1 nitrogen and oxygen atoms in total. The molecule has 1 atom stereocenters. The number of halogens is 1. The number of benzene rings is 1. The van der Waals surface area contributed by atoms with E-state index in [1.54, 1.807) is 11.3 Å². The van der Waals surface area contributed by atoms with Gasteiger partial charge in [0, 0.05) is 27.2 Å². The van der Waals surface area contributed by atoms with E-state index in [0.717, 1.165) is 10.9 Å². The van der Waals surface area contributed by atoms with E-state index >= 15 is 0 Å². The highest BCUT2D eigenvalue weighted by molar-refractivity contribution is 9.10. The molecule has 0 aliphatic carbocycles. The second kappa shape index (κ2) is 5.78. The average Bonchev–Trinajstić information content (AvgIpc) is 2.73. The molecule has 0 radical (unpaired) electrons. The van der Waals surface area contributed by atoms with Crippen molar-refractivity contribution >= 4 is 27.3 Å². The van der Waals surface area contributed by atoms with E-state index < -0.39 is 0 Å². The zero-order valence-electron chi connectivity index (χ0n) is 11.6. The van der Waals surface area contributed by atoms with Crippen molar-refractivity contribution < 1.29 is 0 Å². The first-order valence-electron chi connectivity index (χ1n) is 6.46. The van der Waals surface area contributed by atoms with Gasteiger partial charge in [-0.25, -0.2) is 0 Å². The molecule has 2 rings (SSSR count). The first-order chi connectivity index (χ1) is 8.88. The Kier molecular flexibility index (Phi) is 4.49. The Hall–Kier alpha value is -0.640. The molecule has 19 heavy (non-hydrogen) atoms. The fourth-order valence-corrected chi connectivity index (χ4v) is 3.80. The van der Waals surface area contributed by atoms with E-state index in [0.29, 0.717) is 0 Å². The van der Waals surface area contributed by atoms with Crippen molar-refractivity contribution in [2.24, 2.45) is 5.73 Å². The minimum absolute atomic E-state index is 0.0565. The van der Waals surface area contributed by atoms with Crippen LogP contribution in [-0.2, 0) is 11.8 Å². The molecule has 0 aliphatic heterocycles. The molecule has 3 heteroatoms. The maximum atomic E-state index is 6.43. The zero-order chi connectivity index (χ0) is 14.0. The van der Waals surface area contributed by atoms with Gasteiger partial charge in [-0.15, -0.1) is 11.3 Å². The second-order valence-corrected chi connectivity index (χ2v) is 7.79. The predicted octanol–water partition coefficient (Wildman–Crippen LogP) is 5.05. The second-order valence-electron chi connectivity index (χ2n) is 5.88. The van der Waals surface area contributed by atoms with Crippen LogP contribution in [0.5, 0.6) is 0 Å². The quantitative estimate of drug-likeness (QED) is 0.833. The highest BCUT2D eigenvalue weighted by Crippen LogP contribution is 2.31. The van der Waals surface area contributed by atoms with Gasteiger partial charge >= 0.3 is 0 Å². The fourth-order valence-electron chi connectivity index (χ4n) is 2.29. The smallest absolute Gasteiger partial charge is 0.0346 e. The minimum Gasteiger partial charge on any atom is -0.324 e. The molecule has 0 saturated carbocycles. The Bertz CT molecular complexity index is 554. The van der Waals surface area contributed by atoms with Crippen LogP contribution in [-0.4, -0.2) is 0 Å². The number of nitrogens with two attached hydrogens (primary N) is 1. The summed E-state index contributed by atoms with van der Waals surface area (Å²) in [6.07, 6.45) is 0.892. The third-order valence-corrected chi connectivity index (χ3v) is 4.93. The largest absolute Gasteiger partial charge is 0.324 e. The van der Waals surface area contributed by atoms with E-state index in [2.05, 4.69) is 72.4 Å². The molecule has 0 fully saturated rings. The van der Waals surface area contributed by atoms with Crippen molar-refractivity contribution in [1.82, 2.24) is 0 Å². The van der Waals surface area contributed by atoms with Crippen molar-refractivity contribution in [1.29, 1.82) is 0 Å². The topological polar surface area (TPSA) is 26.0 Å². The number of hydrogen-bond donors (Lipinski definition) is 1. The van der Waals surface area contributed by atoms with E-state index in [9.17, 15) is 0 Å². The molecule has 1 heterocycles. The van der Waals surface area contributed by atoms with Crippen molar-refractivity contribution in [3.8, 4) is 0 Å². The molecule has 2 aromatic rings. The molecule has 102 valence electrons. The SMILES string of the molecule is CC(C)(C)c1ccccc1C(N)Cc1cc(Br)cs1. The van der Waals surface area contributed by atoms with Gasteiger partial charge in [-0.3, -0.25) is 0 Å².